The molecule has 78 valence electrons. The van der Waals surface area contributed by atoms with Crippen molar-refractivity contribution in [3.05, 3.63) is 35.4 Å². The van der Waals surface area contributed by atoms with Gasteiger partial charge in [-0.2, -0.15) is 0 Å². The first-order chi connectivity index (χ1) is 6.74. The van der Waals surface area contributed by atoms with Crippen LogP contribution in [0.5, 0.6) is 0 Å². The van der Waals surface area contributed by atoms with Crippen LogP contribution >= 0.6 is 0 Å². The molecule has 0 radical (unpaired) electrons. The first-order valence-corrected chi connectivity index (χ1v) is 4.79. The molecule has 0 amide bonds. The van der Waals surface area contributed by atoms with Crippen LogP contribution in [0.1, 0.15) is 24.8 Å². The van der Waals surface area contributed by atoms with Crippen molar-refractivity contribution in [3.63, 3.8) is 0 Å². The minimum absolute atomic E-state index is 0.158. The third-order valence-electron chi connectivity index (χ3n) is 2.11. The Morgan fingerprint density at radius 3 is 2.57 bits per heavy atom. The van der Waals surface area contributed by atoms with Crippen LogP contribution in [-0.2, 0) is 6.42 Å². The van der Waals surface area contributed by atoms with Crippen LogP contribution in [0.3, 0.4) is 0 Å². The minimum Gasteiger partial charge on any atom is -0.396 e. The summed E-state index contributed by atoms with van der Waals surface area (Å²) >= 11 is 0. The predicted octanol–water partition coefficient (Wildman–Crippen LogP) is 2.67. The fourth-order valence-corrected chi connectivity index (χ4v) is 1.34. The van der Waals surface area contributed by atoms with Crippen molar-refractivity contribution in [1.29, 1.82) is 0 Å². The molecule has 0 aliphatic heterocycles. The van der Waals surface area contributed by atoms with E-state index >= 15 is 0 Å². The van der Waals surface area contributed by atoms with Crippen molar-refractivity contribution in [2.45, 2.75) is 25.7 Å². The van der Waals surface area contributed by atoms with Crippen LogP contribution < -0.4 is 0 Å². The molecule has 3 heteroatoms. The fraction of sp³-hybridized carbons (Fsp3) is 0.455. The van der Waals surface area contributed by atoms with Crippen molar-refractivity contribution in [2.75, 3.05) is 6.61 Å². The van der Waals surface area contributed by atoms with Gasteiger partial charge in [0.15, 0.2) is 0 Å². The molecule has 0 heterocycles. The lowest BCUT2D eigenvalue weighted by molar-refractivity contribution is 0.283. The zero-order chi connectivity index (χ0) is 10.4. The van der Waals surface area contributed by atoms with E-state index < -0.39 is 5.82 Å². The topological polar surface area (TPSA) is 20.2 Å². The highest BCUT2D eigenvalue weighted by molar-refractivity contribution is 5.18. The van der Waals surface area contributed by atoms with Crippen molar-refractivity contribution >= 4 is 0 Å². The molecule has 1 rings (SSSR count). The van der Waals surface area contributed by atoms with E-state index in [-0.39, 0.29) is 12.4 Å². The first-order valence-electron chi connectivity index (χ1n) is 4.79. The summed E-state index contributed by atoms with van der Waals surface area (Å²) in [6.45, 7) is 0.158. The van der Waals surface area contributed by atoms with E-state index in [0.29, 0.717) is 12.0 Å². The van der Waals surface area contributed by atoms with Gasteiger partial charge in [0.05, 0.1) is 0 Å². The Hall–Kier alpha value is -0.960. The van der Waals surface area contributed by atoms with E-state index in [2.05, 4.69) is 0 Å². The molecular weight excluding hydrogens is 186 g/mol. The molecule has 1 N–H and O–H groups in total. The summed E-state index contributed by atoms with van der Waals surface area (Å²) in [4.78, 5) is 0. The summed E-state index contributed by atoms with van der Waals surface area (Å²) in [5, 5.41) is 8.53. The second kappa shape index (κ2) is 5.70. The summed E-state index contributed by atoms with van der Waals surface area (Å²) < 4.78 is 25.8. The van der Waals surface area contributed by atoms with Crippen molar-refractivity contribution in [3.8, 4) is 0 Å². The summed E-state index contributed by atoms with van der Waals surface area (Å²) in [5.74, 6) is -0.751. The summed E-state index contributed by atoms with van der Waals surface area (Å²) in [6, 6.07) is 3.50. The van der Waals surface area contributed by atoms with Gasteiger partial charge in [-0.15, -0.1) is 0 Å². The number of rotatable bonds is 5. The van der Waals surface area contributed by atoms with E-state index in [4.69, 9.17) is 5.11 Å². The largest absolute Gasteiger partial charge is 0.396 e. The standard InChI is InChI=1S/C11H14F2O/c12-10-5-6-11(13)9(8-10)4-2-1-3-7-14/h5-6,8,14H,1-4,7H2. The summed E-state index contributed by atoms with van der Waals surface area (Å²) in [5.41, 5.74) is 0.419. The Morgan fingerprint density at radius 2 is 1.86 bits per heavy atom. The van der Waals surface area contributed by atoms with Crippen LogP contribution in [-0.4, -0.2) is 11.7 Å². The molecule has 1 nitrogen and oxygen atoms in total. The van der Waals surface area contributed by atoms with Gasteiger partial charge in [-0.25, -0.2) is 8.78 Å². The van der Waals surface area contributed by atoms with E-state index in [1.54, 1.807) is 0 Å². The number of benzene rings is 1. The smallest absolute Gasteiger partial charge is 0.126 e. The number of halogens is 2. The lowest BCUT2D eigenvalue weighted by Gasteiger charge is -2.02. The maximum absolute atomic E-state index is 13.1. The van der Waals surface area contributed by atoms with Crippen molar-refractivity contribution in [1.82, 2.24) is 0 Å². The lowest BCUT2D eigenvalue weighted by atomic mass is 10.1. The molecule has 14 heavy (non-hydrogen) atoms. The van der Waals surface area contributed by atoms with Gasteiger partial charge in [-0.1, -0.05) is 6.42 Å². The SMILES string of the molecule is OCCCCCc1cc(F)ccc1F. The molecule has 0 saturated heterocycles. The maximum atomic E-state index is 13.1. The van der Waals surface area contributed by atoms with E-state index in [0.717, 1.165) is 31.4 Å². The highest BCUT2D eigenvalue weighted by Gasteiger charge is 2.02. The zero-order valence-electron chi connectivity index (χ0n) is 7.97. The molecule has 0 unspecified atom stereocenters. The Bertz CT molecular complexity index is 287. The number of unbranched alkanes of at least 4 members (excludes halogenated alkanes) is 2. The van der Waals surface area contributed by atoms with Crippen LogP contribution in [0.25, 0.3) is 0 Å². The molecule has 0 aliphatic rings. The molecule has 0 aromatic heterocycles. The van der Waals surface area contributed by atoms with Gasteiger partial charge < -0.3 is 5.11 Å². The van der Waals surface area contributed by atoms with Crippen LogP contribution in [0, 0.1) is 11.6 Å². The molecule has 0 spiro atoms. The molecular formula is C11H14F2O. The van der Waals surface area contributed by atoms with Gasteiger partial charge in [0.25, 0.3) is 0 Å². The molecule has 0 saturated carbocycles. The Labute approximate surface area is 82.4 Å². The minimum atomic E-state index is -0.399. The van der Waals surface area contributed by atoms with Gasteiger partial charge in [-0.05, 0) is 43.0 Å². The highest BCUT2D eigenvalue weighted by Crippen LogP contribution is 2.13. The molecule has 0 bridgehead atoms. The van der Waals surface area contributed by atoms with Gasteiger partial charge >= 0.3 is 0 Å². The Kier molecular flexibility index (Phi) is 4.53. The second-order valence-corrected chi connectivity index (χ2v) is 3.27. The summed E-state index contributed by atoms with van der Waals surface area (Å²) in [7, 11) is 0. The predicted molar refractivity (Wildman–Crippen MR) is 51.0 cm³/mol. The molecule has 1 aromatic rings. The molecule has 0 fully saturated rings. The van der Waals surface area contributed by atoms with Crippen molar-refractivity contribution < 1.29 is 13.9 Å². The van der Waals surface area contributed by atoms with Gasteiger partial charge in [-0.3, -0.25) is 0 Å². The van der Waals surface area contributed by atoms with Crippen LogP contribution in [0.2, 0.25) is 0 Å². The van der Waals surface area contributed by atoms with E-state index in [1.807, 2.05) is 0 Å². The van der Waals surface area contributed by atoms with Gasteiger partial charge in [0.1, 0.15) is 11.6 Å². The Balaban J connectivity index is 2.45. The number of aliphatic hydroxyl groups excluding tert-OH is 1. The number of aryl methyl sites for hydroxylation is 1. The van der Waals surface area contributed by atoms with Crippen LogP contribution in [0.4, 0.5) is 8.78 Å². The molecule has 1 aromatic carbocycles. The third kappa shape index (κ3) is 3.42. The third-order valence-corrected chi connectivity index (χ3v) is 2.11. The Morgan fingerprint density at radius 1 is 1.07 bits per heavy atom. The number of hydrogen-bond donors (Lipinski definition) is 1. The average molecular weight is 200 g/mol. The molecule has 0 atom stereocenters. The van der Waals surface area contributed by atoms with Crippen molar-refractivity contribution in [2.24, 2.45) is 0 Å². The monoisotopic (exact) mass is 200 g/mol. The second-order valence-electron chi connectivity index (χ2n) is 3.27. The highest BCUT2D eigenvalue weighted by atomic mass is 19.1. The van der Waals surface area contributed by atoms with Gasteiger partial charge in [0, 0.05) is 6.61 Å². The summed E-state index contributed by atoms with van der Waals surface area (Å²) in [6.07, 6.45) is 2.87. The first kappa shape index (κ1) is 11.1. The number of aliphatic hydroxyl groups is 1. The molecule has 0 aliphatic carbocycles. The van der Waals surface area contributed by atoms with Gasteiger partial charge in [0.2, 0.25) is 0 Å². The maximum Gasteiger partial charge on any atom is 0.126 e. The normalized spacial score (nSPS) is 10.5. The van der Waals surface area contributed by atoms with Crippen LogP contribution in [0.15, 0.2) is 18.2 Å². The van der Waals surface area contributed by atoms with E-state index in [1.165, 1.54) is 6.07 Å². The zero-order valence-corrected chi connectivity index (χ0v) is 7.97. The lowest BCUT2D eigenvalue weighted by Crippen LogP contribution is -1.93. The average Bonchev–Trinajstić information content (AvgIpc) is 2.18. The van der Waals surface area contributed by atoms with E-state index in [9.17, 15) is 8.78 Å². The quantitative estimate of drug-likeness (QED) is 0.724. The fourth-order valence-electron chi connectivity index (χ4n) is 1.34. The number of hydrogen-bond acceptors (Lipinski definition) is 1.